The third kappa shape index (κ3) is 2.94. The Morgan fingerprint density at radius 3 is 2.37 bits per heavy atom. The monoisotopic (exact) mass is 325 g/mol. The number of halogens is 3. The maximum atomic E-state index is 13.1. The van der Waals surface area contributed by atoms with E-state index in [9.17, 15) is 12.8 Å². The summed E-state index contributed by atoms with van der Waals surface area (Å²) in [7, 11) is -2.38. The van der Waals surface area contributed by atoms with Gasteiger partial charge in [0.05, 0.1) is 6.20 Å². The van der Waals surface area contributed by atoms with Crippen molar-refractivity contribution in [1.29, 1.82) is 0 Å². The van der Waals surface area contributed by atoms with Crippen LogP contribution in [0.15, 0.2) is 17.3 Å². The van der Waals surface area contributed by atoms with Crippen molar-refractivity contribution in [3.8, 4) is 0 Å². The Bertz CT molecular complexity index is 709. The number of sulfonamides is 1. The van der Waals surface area contributed by atoms with Crippen LogP contribution < -0.4 is 4.72 Å². The third-order valence-corrected chi connectivity index (χ3v) is 3.77. The van der Waals surface area contributed by atoms with E-state index in [0.29, 0.717) is 0 Å². The molecule has 0 saturated carbocycles. The van der Waals surface area contributed by atoms with E-state index in [1.165, 1.54) is 10.9 Å². The standard InChI is InChI=1S/C8H6Cl2FN5O2S/c1-16-3-4(2-12-16)19(17,18)15-8-13-6(9)5(11)7(10)14-8/h2-3H,1H3,(H,13,14,15). The Hall–Kier alpha value is -1.45. The van der Waals surface area contributed by atoms with Crippen LogP contribution in [-0.4, -0.2) is 28.2 Å². The summed E-state index contributed by atoms with van der Waals surface area (Å²) >= 11 is 10.9. The van der Waals surface area contributed by atoms with Gasteiger partial charge in [-0.25, -0.2) is 17.5 Å². The minimum Gasteiger partial charge on any atom is -0.274 e. The van der Waals surface area contributed by atoms with E-state index in [1.54, 1.807) is 7.05 Å². The molecule has 1 N–H and O–H groups in total. The highest BCUT2D eigenvalue weighted by Gasteiger charge is 2.19. The number of nitrogens with zero attached hydrogens (tertiary/aromatic N) is 4. The van der Waals surface area contributed by atoms with Gasteiger partial charge in [-0.15, -0.1) is 0 Å². The fraction of sp³-hybridized carbons (Fsp3) is 0.125. The van der Waals surface area contributed by atoms with Crippen molar-refractivity contribution in [3.63, 3.8) is 0 Å². The van der Waals surface area contributed by atoms with Gasteiger partial charge in [0, 0.05) is 13.2 Å². The van der Waals surface area contributed by atoms with Crippen LogP contribution in [-0.2, 0) is 17.1 Å². The summed E-state index contributed by atoms with van der Waals surface area (Å²) in [4.78, 5) is 6.76. The van der Waals surface area contributed by atoms with Gasteiger partial charge in [-0.05, 0) is 0 Å². The maximum absolute atomic E-state index is 13.1. The molecule has 0 amide bonds. The normalized spacial score (nSPS) is 11.6. The molecule has 2 aromatic rings. The SMILES string of the molecule is Cn1cc(S(=O)(=O)Nc2nc(Cl)c(F)c(Cl)n2)cn1. The molecule has 0 aliphatic rings. The summed E-state index contributed by atoms with van der Waals surface area (Å²) in [5.41, 5.74) is 0. The molecular formula is C8H6Cl2FN5O2S. The summed E-state index contributed by atoms with van der Waals surface area (Å²) in [5.74, 6) is -1.45. The van der Waals surface area contributed by atoms with Crippen molar-refractivity contribution >= 4 is 39.2 Å². The third-order valence-electron chi connectivity index (χ3n) is 1.99. The molecule has 0 bridgehead atoms. The summed E-state index contributed by atoms with van der Waals surface area (Å²) in [6.45, 7) is 0. The van der Waals surface area contributed by atoms with Gasteiger partial charge in [-0.1, -0.05) is 23.2 Å². The second-order valence-corrected chi connectivity index (χ2v) is 5.80. The molecule has 11 heteroatoms. The number of anilines is 1. The van der Waals surface area contributed by atoms with E-state index in [4.69, 9.17) is 23.2 Å². The first-order valence-electron chi connectivity index (χ1n) is 4.69. The van der Waals surface area contributed by atoms with Crippen LogP contribution in [0.4, 0.5) is 10.3 Å². The second-order valence-electron chi connectivity index (χ2n) is 3.40. The summed E-state index contributed by atoms with van der Waals surface area (Å²) in [6.07, 6.45) is 2.41. The first-order chi connectivity index (χ1) is 8.79. The number of hydrogen-bond acceptors (Lipinski definition) is 5. The van der Waals surface area contributed by atoms with Gasteiger partial charge >= 0.3 is 0 Å². The molecule has 0 saturated heterocycles. The van der Waals surface area contributed by atoms with Gasteiger partial charge in [0.2, 0.25) is 5.95 Å². The fourth-order valence-electron chi connectivity index (χ4n) is 1.16. The van der Waals surface area contributed by atoms with Crippen LogP contribution in [0.25, 0.3) is 0 Å². The molecule has 2 rings (SSSR count). The summed E-state index contributed by atoms with van der Waals surface area (Å²) < 4.78 is 40.2. The number of nitrogens with one attached hydrogen (secondary N) is 1. The molecule has 102 valence electrons. The molecule has 0 aromatic carbocycles. The predicted octanol–water partition coefficient (Wildman–Crippen LogP) is 1.46. The Morgan fingerprint density at radius 2 is 1.89 bits per heavy atom. The Kier molecular flexibility index (Phi) is 3.61. The number of aryl methyl sites for hydroxylation is 1. The maximum Gasteiger partial charge on any atom is 0.267 e. The molecule has 0 spiro atoms. The van der Waals surface area contributed by atoms with Crippen molar-refractivity contribution in [2.24, 2.45) is 7.05 Å². The lowest BCUT2D eigenvalue weighted by Crippen LogP contribution is -2.15. The van der Waals surface area contributed by atoms with Crippen LogP contribution in [0.1, 0.15) is 0 Å². The minimum absolute atomic E-state index is 0.102. The molecule has 19 heavy (non-hydrogen) atoms. The molecule has 2 heterocycles. The smallest absolute Gasteiger partial charge is 0.267 e. The van der Waals surface area contributed by atoms with Crippen LogP contribution in [0.5, 0.6) is 0 Å². The van der Waals surface area contributed by atoms with Crippen molar-refractivity contribution < 1.29 is 12.8 Å². The minimum atomic E-state index is -3.94. The highest BCUT2D eigenvalue weighted by Crippen LogP contribution is 2.21. The van der Waals surface area contributed by atoms with Gasteiger partial charge < -0.3 is 0 Å². The largest absolute Gasteiger partial charge is 0.274 e. The molecule has 0 aliphatic heterocycles. The Morgan fingerprint density at radius 1 is 1.32 bits per heavy atom. The molecular weight excluding hydrogens is 320 g/mol. The van der Waals surface area contributed by atoms with Crippen LogP contribution in [0, 0.1) is 5.82 Å². The van der Waals surface area contributed by atoms with E-state index in [-0.39, 0.29) is 4.90 Å². The molecule has 0 fully saturated rings. The summed E-state index contributed by atoms with van der Waals surface area (Å²) in [6, 6.07) is 0. The van der Waals surface area contributed by atoms with E-state index < -0.39 is 32.1 Å². The van der Waals surface area contributed by atoms with E-state index >= 15 is 0 Å². The van der Waals surface area contributed by atoms with Crippen LogP contribution in [0.2, 0.25) is 10.3 Å². The zero-order chi connectivity index (χ0) is 14.2. The lowest BCUT2D eigenvalue weighted by atomic mass is 10.6. The lowest BCUT2D eigenvalue weighted by molar-refractivity contribution is 0.599. The first kappa shape index (κ1) is 14.0. The quantitative estimate of drug-likeness (QED) is 0.863. The number of aromatic nitrogens is 4. The molecule has 0 aliphatic carbocycles. The van der Waals surface area contributed by atoms with Gasteiger partial charge in [-0.3, -0.25) is 4.68 Å². The van der Waals surface area contributed by atoms with Gasteiger partial charge in [0.15, 0.2) is 16.1 Å². The average Bonchev–Trinajstić information content (AvgIpc) is 2.73. The molecule has 0 unspecified atom stereocenters. The van der Waals surface area contributed by atoms with Crippen LogP contribution >= 0.6 is 23.2 Å². The molecule has 2 aromatic heterocycles. The van der Waals surface area contributed by atoms with E-state index in [2.05, 4.69) is 15.1 Å². The Balaban J connectivity index is 2.36. The predicted molar refractivity (Wildman–Crippen MR) is 66.0 cm³/mol. The van der Waals surface area contributed by atoms with Crippen molar-refractivity contribution in [3.05, 3.63) is 28.5 Å². The number of hydrogen-bond donors (Lipinski definition) is 1. The zero-order valence-corrected chi connectivity index (χ0v) is 11.6. The second kappa shape index (κ2) is 4.91. The Labute approximate surface area is 117 Å². The van der Waals surface area contributed by atoms with Gasteiger partial charge in [0.1, 0.15) is 4.90 Å². The first-order valence-corrected chi connectivity index (χ1v) is 6.93. The molecule has 0 radical (unpaired) electrons. The molecule has 0 atom stereocenters. The van der Waals surface area contributed by atoms with Crippen LogP contribution in [0.3, 0.4) is 0 Å². The number of rotatable bonds is 3. The summed E-state index contributed by atoms with van der Waals surface area (Å²) in [5, 5.41) is 2.56. The fourth-order valence-corrected chi connectivity index (χ4v) is 2.47. The average molecular weight is 326 g/mol. The van der Waals surface area contributed by atoms with E-state index in [0.717, 1.165) is 6.20 Å². The van der Waals surface area contributed by atoms with Crippen molar-refractivity contribution in [1.82, 2.24) is 19.7 Å². The van der Waals surface area contributed by atoms with Gasteiger partial charge in [0.25, 0.3) is 10.0 Å². The van der Waals surface area contributed by atoms with Gasteiger partial charge in [-0.2, -0.15) is 15.1 Å². The molecule has 7 nitrogen and oxygen atoms in total. The topological polar surface area (TPSA) is 89.8 Å². The van der Waals surface area contributed by atoms with Crippen molar-refractivity contribution in [2.45, 2.75) is 4.90 Å². The highest BCUT2D eigenvalue weighted by atomic mass is 35.5. The zero-order valence-electron chi connectivity index (χ0n) is 9.30. The van der Waals surface area contributed by atoms with Crippen molar-refractivity contribution in [2.75, 3.05) is 4.72 Å². The van der Waals surface area contributed by atoms with E-state index in [1.807, 2.05) is 4.72 Å². The lowest BCUT2D eigenvalue weighted by Gasteiger charge is -2.05. The highest BCUT2D eigenvalue weighted by molar-refractivity contribution is 7.92.